The van der Waals surface area contributed by atoms with Crippen molar-refractivity contribution in [3.05, 3.63) is 46.2 Å². The molecule has 220 valence electrons. The molecule has 11 nitrogen and oxygen atoms in total. The number of aliphatic hydroxyl groups is 1. The first-order valence-electron chi connectivity index (χ1n) is 13.9. The summed E-state index contributed by atoms with van der Waals surface area (Å²) in [6.45, 7) is 5.80. The number of ether oxygens (including phenoxy) is 1. The van der Waals surface area contributed by atoms with Gasteiger partial charge in [-0.25, -0.2) is 14.8 Å². The average Bonchev–Trinajstić information content (AvgIpc) is 3.01. The Morgan fingerprint density at radius 1 is 1.22 bits per heavy atom. The molecular weight excluding hydrogens is 546 g/mol. The third kappa shape index (κ3) is 6.90. The first kappa shape index (κ1) is 30.5. The lowest BCUT2D eigenvalue weighted by molar-refractivity contribution is -0.148. The molecule has 2 aromatic rings. The van der Waals surface area contributed by atoms with Crippen molar-refractivity contribution in [2.24, 2.45) is 0 Å². The molecule has 4 N–H and O–H groups in total. The molecule has 2 atom stereocenters. The van der Waals surface area contributed by atoms with Crippen LogP contribution in [-0.2, 0) is 9.53 Å². The predicted octanol–water partition coefficient (Wildman–Crippen LogP) is 1.69. The van der Waals surface area contributed by atoms with Crippen LogP contribution >= 0.6 is 11.6 Å². The summed E-state index contributed by atoms with van der Waals surface area (Å²) in [4.78, 5) is 40.6. The lowest BCUT2D eigenvalue weighted by atomic mass is 9.95. The molecular formula is C29H38ClN7O4. The van der Waals surface area contributed by atoms with E-state index < -0.39 is 11.9 Å². The van der Waals surface area contributed by atoms with Crippen molar-refractivity contribution in [2.45, 2.75) is 44.3 Å². The van der Waals surface area contributed by atoms with Gasteiger partial charge < -0.3 is 25.8 Å². The smallest absolute Gasteiger partial charge is 0.327 e. The number of anilines is 2. The maximum absolute atomic E-state index is 12.8. The summed E-state index contributed by atoms with van der Waals surface area (Å²) in [6.07, 6.45) is 8.29. The normalized spacial score (nSPS) is 19.4. The number of nitrogens with zero attached hydrogens (tertiary/aromatic N) is 5. The molecule has 3 heterocycles. The van der Waals surface area contributed by atoms with E-state index in [1.54, 1.807) is 0 Å². The fourth-order valence-corrected chi connectivity index (χ4v) is 6.04. The number of halogens is 1. The molecule has 0 radical (unpaired) electrons. The zero-order valence-corrected chi connectivity index (χ0v) is 24.3. The molecule has 2 aliphatic rings. The highest BCUT2D eigenvalue weighted by Gasteiger charge is 2.37. The lowest BCUT2D eigenvalue weighted by Gasteiger charge is -2.48. The zero-order chi connectivity index (χ0) is 29.5. The van der Waals surface area contributed by atoms with Gasteiger partial charge in [0.15, 0.2) is 22.5 Å². The molecule has 0 aliphatic carbocycles. The van der Waals surface area contributed by atoms with E-state index >= 15 is 0 Å². The summed E-state index contributed by atoms with van der Waals surface area (Å²) < 4.78 is 5.16. The number of nitrogens with one attached hydrogen (secondary N) is 1. The molecule has 12 heteroatoms. The quantitative estimate of drug-likeness (QED) is 0.295. The number of nitrogen functional groups attached to an aromatic ring is 1. The Morgan fingerprint density at radius 2 is 1.93 bits per heavy atom. The minimum atomic E-state index is -0.529. The maximum Gasteiger partial charge on any atom is 0.327 e. The first-order chi connectivity index (χ1) is 19.8. The number of esters is 1. The summed E-state index contributed by atoms with van der Waals surface area (Å²) in [5, 5.41) is 11.6. The summed E-state index contributed by atoms with van der Waals surface area (Å²) >= 11 is 6.47. The molecule has 0 spiro atoms. The van der Waals surface area contributed by atoms with Crippen LogP contribution in [0.4, 0.5) is 11.6 Å². The standard InChI is InChI=1S/C29H38ClN7O4/c1-4-19-6-8-20(9-7-19)24(29(40)41-3)35-13-10-22(11-14-35)37-16-15-36(18-21(37)5-2)27-25(30)33-23(26(31)34-27)28(39)32-12-17-38/h1,6-9,21-22,24,38H,5,10-18H2,2-3H3,(H2,31,34)(H,32,39)/t21-,24-/m0/s1. The molecule has 0 unspecified atom stereocenters. The van der Waals surface area contributed by atoms with E-state index in [9.17, 15) is 9.59 Å². The Hall–Kier alpha value is -3.43. The van der Waals surface area contributed by atoms with Crippen LogP contribution in [0.1, 0.15) is 53.8 Å². The fourth-order valence-electron chi connectivity index (χ4n) is 5.79. The van der Waals surface area contributed by atoms with Gasteiger partial charge in [-0.05, 0) is 37.0 Å². The SMILES string of the molecule is C#Cc1ccc([C@@H](C(=O)OC)N2CCC(N3CCN(c4nc(N)c(C(=O)NCCO)nc4Cl)C[C@@H]3CC)CC2)cc1. The number of carbonyl (C=O) groups is 2. The highest BCUT2D eigenvalue weighted by Crippen LogP contribution is 2.32. The number of aromatic nitrogens is 2. The van der Waals surface area contributed by atoms with Crippen molar-refractivity contribution in [2.75, 3.05) is 63.6 Å². The van der Waals surface area contributed by atoms with Crippen molar-refractivity contribution in [1.29, 1.82) is 0 Å². The number of nitrogens with two attached hydrogens (primary N) is 1. The predicted molar refractivity (Wildman–Crippen MR) is 158 cm³/mol. The van der Waals surface area contributed by atoms with Crippen molar-refractivity contribution >= 4 is 35.1 Å². The number of piperidine rings is 1. The van der Waals surface area contributed by atoms with Gasteiger partial charge in [0.1, 0.15) is 6.04 Å². The van der Waals surface area contributed by atoms with Gasteiger partial charge >= 0.3 is 5.97 Å². The summed E-state index contributed by atoms with van der Waals surface area (Å²) in [5.74, 6) is 2.28. The maximum atomic E-state index is 12.8. The Bertz CT molecular complexity index is 1260. The van der Waals surface area contributed by atoms with Crippen LogP contribution in [0.2, 0.25) is 5.15 Å². The van der Waals surface area contributed by atoms with Crippen LogP contribution < -0.4 is 16.0 Å². The second-order valence-corrected chi connectivity index (χ2v) is 10.6. The zero-order valence-electron chi connectivity index (χ0n) is 23.6. The van der Waals surface area contributed by atoms with Crippen molar-refractivity contribution < 1.29 is 19.4 Å². The van der Waals surface area contributed by atoms with Crippen molar-refractivity contribution in [3.8, 4) is 12.3 Å². The van der Waals surface area contributed by atoms with Gasteiger partial charge in [-0.3, -0.25) is 14.6 Å². The molecule has 1 aromatic carbocycles. The van der Waals surface area contributed by atoms with Gasteiger partial charge in [-0.15, -0.1) is 6.42 Å². The van der Waals surface area contributed by atoms with E-state index in [-0.39, 0.29) is 41.8 Å². The molecule has 2 aliphatic heterocycles. The number of benzene rings is 1. The highest BCUT2D eigenvalue weighted by atomic mass is 35.5. The topological polar surface area (TPSA) is 137 Å². The van der Waals surface area contributed by atoms with Crippen LogP contribution in [0.25, 0.3) is 0 Å². The second kappa shape index (κ2) is 14.0. The number of likely N-dealkylation sites (tertiary alicyclic amines) is 1. The summed E-state index contributed by atoms with van der Waals surface area (Å²) in [5.41, 5.74) is 7.67. The number of terminal acetylenes is 1. The Labute approximate surface area is 246 Å². The molecule has 41 heavy (non-hydrogen) atoms. The van der Waals surface area contributed by atoms with Gasteiger partial charge in [0, 0.05) is 56.9 Å². The summed E-state index contributed by atoms with van der Waals surface area (Å²) in [6, 6.07) is 7.70. The second-order valence-electron chi connectivity index (χ2n) is 10.3. The number of piperazine rings is 1. The van der Waals surface area contributed by atoms with Gasteiger partial charge in [-0.2, -0.15) is 0 Å². The van der Waals surface area contributed by atoms with Crippen LogP contribution in [0.15, 0.2) is 24.3 Å². The third-order valence-corrected chi connectivity index (χ3v) is 8.18. The van der Waals surface area contributed by atoms with E-state index in [0.29, 0.717) is 24.9 Å². The van der Waals surface area contributed by atoms with Gasteiger partial charge in [0.2, 0.25) is 0 Å². The van der Waals surface area contributed by atoms with Gasteiger partial charge in [-0.1, -0.05) is 36.6 Å². The molecule has 1 aromatic heterocycles. The van der Waals surface area contributed by atoms with Crippen LogP contribution in [-0.4, -0.2) is 102 Å². The molecule has 0 bridgehead atoms. The fraction of sp³-hybridized carbons (Fsp3) is 0.517. The van der Waals surface area contributed by atoms with E-state index in [2.05, 4.69) is 42.8 Å². The molecule has 1 amide bonds. The molecule has 0 saturated carbocycles. The third-order valence-electron chi connectivity index (χ3n) is 7.93. The van der Waals surface area contributed by atoms with Gasteiger partial charge in [0.05, 0.1) is 13.7 Å². The minimum Gasteiger partial charge on any atom is -0.468 e. The molecule has 2 saturated heterocycles. The van der Waals surface area contributed by atoms with E-state index in [0.717, 1.165) is 50.0 Å². The number of rotatable bonds is 9. The average molecular weight is 584 g/mol. The Morgan fingerprint density at radius 3 is 2.54 bits per heavy atom. The Balaban J connectivity index is 1.41. The van der Waals surface area contributed by atoms with Gasteiger partial charge in [0.25, 0.3) is 5.91 Å². The number of carbonyl (C=O) groups excluding carboxylic acids is 2. The number of amides is 1. The summed E-state index contributed by atoms with van der Waals surface area (Å²) in [7, 11) is 1.42. The Kier molecular flexibility index (Phi) is 10.4. The minimum absolute atomic E-state index is 0.00298. The van der Waals surface area contributed by atoms with E-state index in [1.807, 2.05) is 24.3 Å². The number of methoxy groups -OCH3 is 1. The van der Waals surface area contributed by atoms with Crippen LogP contribution in [0.3, 0.4) is 0 Å². The van der Waals surface area contributed by atoms with E-state index in [1.165, 1.54) is 7.11 Å². The number of aliphatic hydroxyl groups excluding tert-OH is 1. The number of hydrogen-bond donors (Lipinski definition) is 3. The number of hydrogen-bond acceptors (Lipinski definition) is 10. The molecule has 2 fully saturated rings. The lowest BCUT2D eigenvalue weighted by Crippen LogP contribution is -2.59. The van der Waals surface area contributed by atoms with Crippen molar-refractivity contribution in [3.63, 3.8) is 0 Å². The highest BCUT2D eigenvalue weighted by molar-refractivity contribution is 6.32. The van der Waals surface area contributed by atoms with E-state index in [4.69, 9.17) is 33.6 Å². The van der Waals surface area contributed by atoms with Crippen molar-refractivity contribution in [1.82, 2.24) is 25.1 Å². The largest absolute Gasteiger partial charge is 0.468 e. The molecule has 4 rings (SSSR count). The van der Waals surface area contributed by atoms with Crippen LogP contribution in [0, 0.1) is 12.3 Å². The first-order valence-corrected chi connectivity index (χ1v) is 14.3. The monoisotopic (exact) mass is 583 g/mol. The van der Waals surface area contributed by atoms with Crippen LogP contribution in [0.5, 0.6) is 0 Å².